The Kier molecular flexibility index (Phi) is 7.30. The van der Waals surface area contributed by atoms with Gasteiger partial charge in [0.2, 0.25) is 11.8 Å². The smallest absolute Gasteiger partial charge is 0.312 e. The van der Waals surface area contributed by atoms with E-state index in [2.05, 4.69) is 0 Å². The van der Waals surface area contributed by atoms with Crippen molar-refractivity contribution in [3.8, 4) is 0 Å². The van der Waals surface area contributed by atoms with Crippen LogP contribution in [0.2, 0.25) is 0 Å². The van der Waals surface area contributed by atoms with Gasteiger partial charge in [0.05, 0.1) is 18.6 Å². The molecule has 0 aromatic heterocycles. The summed E-state index contributed by atoms with van der Waals surface area (Å²) in [6.45, 7) is 1.33. The van der Waals surface area contributed by atoms with Crippen LogP contribution < -0.4 is 0 Å². The summed E-state index contributed by atoms with van der Waals surface area (Å²) in [7, 11) is 0. The zero-order chi connectivity index (χ0) is 24.4. The molecule has 5 rings (SSSR count). The Morgan fingerprint density at radius 3 is 2.63 bits per heavy atom. The molecule has 192 valence electrons. The molecule has 4 heterocycles. The molecule has 1 N–H and O–H groups in total. The molecule has 1 unspecified atom stereocenters. The van der Waals surface area contributed by atoms with Crippen LogP contribution in [-0.2, 0) is 23.9 Å². The Bertz CT molecular complexity index is 881. The zero-order valence-electron chi connectivity index (χ0n) is 20.5. The standard InChI is InChI=1S/C27H38N2O6/c30-17-8-3-7-15-29-23-25(32)28(19-11-4-1-5-12-19)16-10-14-27(23)22(24(29)31)21-20(35-27)13-6-2-9-18-34-26(21)33/h6,10,13-14,19-23,30H,1-5,7-9,11-12,15-18H2/b13-6-/t20-,21+,22-,23?,27-/m0/s1. The molecule has 35 heavy (non-hydrogen) atoms. The van der Waals surface area contributed by atoms with Gasteiger partial charge in [0.1, 0.15) is 17.6 Å². The van der Waals surface area contributed by atoms with E-state index in [0.717, 1.165) is 44.9 Å². The fraction of sp³-hybridized carbons (Fsp3) is 0.741. The Labute approximate surface area is 207 Å². The van der Waals surface area contributed by atoms with Crippen LogP contribution in [0.25, 0.3) is 0 Å². The number of ether oxygens (including phenoxy) is 2. The van der Waals surface area contributed by atoms with Crippen molar-refractivity contribution in [2.75, 3.05) is 26.3 Å². The van der Waals surface area contributed by atoms with Crippen LogP contribution >= 0.6 is 0 Å². The zero-order valence-corrected chi connectivity index (χ0v) is 20.5. The van der Waals surface area contributed by atoms with Crippen molar-refractivity contribution in [3.63, 3.8) is 0 Å². The molecule has 8 heteroatoms. The van der Waals surface area contributed by atoms with Crippen LogP contribution in [0.1, 0.15) is 64.2 Å². The second kappa shape index (κ2) is 10.4. The molecular weight excluding hydrogens is 448 g/mol. The second-order valence-electron chi connectivity index (χ2n) is 10.6. The minimum Gasteiger partial charge on any atom is -0.465 e. The Hall–Kier alpha value is -2.19. The first-order chi connectivity index (χ1) is 17.1. The second-order valence-corrected chi connectivity index (χ2v) is 10.6. The van der Waals surface area contributed by atoms with Crippen molar-refractivity contribution in [2.24, 2.45) is 11.8 Å². The summed E-state index contributed by atoms with van der Waals surface area (Å²) in [5.74, 6) is -2.22. The third kappa shape index (κ3) is 4.33. The topological polar surface area (TPSA) is 96.4 Å². The lowest BCUT2D eigenvalue weighted by molar-refractivity contribution is -0.155. The average Bonchev–Trinajstić information content (AvgIpc) is 3.27. The Morgan fingerprint density at radius 2 is 1.83 bits per heavy atom. The van der Waals surface area contributed by atoms with Crippen LogP contribution in [0.4, 0.5) is 0 Å². The number of hydrogen-bond acceptors (Lipinski definition) is 6. The van der Waals surface area contributed by atoms with Gasteiger partial charge in [0, 0.05) is 25.7 Å². The van der Waals surface area contributed by atoms with E-state index in [0.29, 0.717) is 32.5 Å². The van der Waals surface area contributed by atoms with Crippen LogP contribution in [0.3, 0.4) is 0 Å². The number of esters is 1. The lowest BCUT2D eigenvalue weighted by Gasteiger charge is -2.39. The molecule has 1 saturated carbocycles. The van der Waals surface area contributed by atoms with E-state index in [1.807, 2.05) is 29.2 Å². The number of unbranched alkanes of at least 4 members (excludes halogenated alkanes) is 2. The summed E-state index contributed by atoms with van der Waals surface area (Å²) >= 11 is 0. The van der Waals surface area contributed by atoms with E-state index in [1.54, 1.807) is 4.90 Å². The fourth-order valence-corrected chi connectivity index (χ4v) is 6.80. The lowest BCUT2D eigenvalue weighted by atomic mass is 9.78. The van der Waals surface area contributed by atoms with E-state index < -0.39 is 35.6 Å². The largest absolute Gasteiger partial charge is 0.465 e. The van der Waals surface area contributed by atoms with E-state index in [-0.39, 0.29) is 24.5 Å². The third-order valence-corrected chi connectivity index (χ3v) is 8.45. The Morgan fingerprint density at radius 1 is 1.00 bits per heavy atom. The predicted molar refractivity (Wildman–Crippen MR) is 128 cm³/mol. The van der Waals surface area contributed by atoms with Crippen molar-refractivity contribution >= 4 is 17.8 Å². The maximum absolute atomic E-state index is 14.2. The van der Waals surface area contributed by atoms with Gasteiger partial charge < -0.3 is 24.4 Å². The molecule has 0 radical (unpaired) electrons. The van der Waals surface area contributed by atoms with Gasteiger partial charge in [-0.3, -0.25) is 14.4 Å². The molecule has 0 aromatic rings. The monoisotopic (exact) mass is 486 g/mol. The summed E-state index contributed by atoms with van der Waals surface area (Å²) in [6.07, 6.45) is 16.2. The van der Waals surface area contributed by atoms with E-state index in [1.165, 1.54) is 6.42 Å². The van der Waals surface area contributed by atoms with Crippen molar-refractivity contribution in [1.29, 1.82) is 0 Å². The molecule has 1 aliphatic carbocycles. The molecule has 0 aromatic carbocycles. The van der Waals surface area contributed by atoms with Crippen LogP contribution in [0, 0.1) is 11.8 Å². The summed E-state index contributed by atoms with van der Waals surface area (Å²) in [5, 5.41) is 9.19. The van der Waals surface area contributed by atoms with Gasteiger partial charge in [-0.1, -0.05) is 43.6 Å². The molecular formula is C27H38N2O6. The van der Waals surface area contributed by atoms with E-state index >= 15 is 0 Å². The van der Waals surface area contributed by atoms with Gasteiger partial charge in [-0.05, 0) is 44.9 Å². The van der Waals surface area contributed by atoms with Gasteiger partial charge in [0.15, 0.2) is 0 Å². The van der Waals surface area contributed by atoms with Crippen LogP contribution in [0.15, 0.2) is 24.3 Å². The summed E-state index contributed by atoms with van der Waals surface area (Å²) < 4.78 is 12.2. The molecule has 3 fully saturated rings. The summed E-state index contributed by atoms with van der Waals surface area (Å²) in [4.78, 5) is 45.0. The molecule has 5 aliphatic rings. The Balaban J connectivity index is 1.52. The molecule has 1 spiro atoms. The van der Waals surface area contributed by atoms with E-state index in [4.69, 9.17) is 9.47 Å². The normalized spacial score (nSPS) is 36.5. The summed E-state index contributed by atoms with van der Waals surface area (Å²) in [6, 6.07) is -0.615. The van der Waals surface area contributed by atoms with E-state index in [9.17, 15) is 19.5 Å². The number of cyclic esters (lactones) is 1. The third-order valence-electron chi connectivity index (χ3n) is 8.45. The lowest BCUT2D eigenvalue weighted by Crippen LogP contribution is -2.57. The number of carbonyl (C=O) groups is 3. The highest BCUT2D eigenvalue weighted by molar-refractivity contribution is 5.99. The molecule has 8 nitrogen and oxygen atoms in total. The first-order valence-electron chi connectivity index (χ1n) is 13.5. The van der Waals surface area contributed by atoms with Crippen LogP contribution in [-0.4, -0.2) is 82.8 Å². The fourth-order valence-electron chi connectivity index (χ4n) is 6.80. The average molecular weight is 487 g/mol. The number of aliphatic hydroxyl groups is 1. The quantitative estimate of drug-likeness (QED) is 0.352. The molecule has 0 bridgehead atoms. The van der Waals surface area contributed by atoms with Gasteiger partial charge in [-0.25, -0.2) is 0 Å². The molecule has 2 amide bonds. The minimum absolute atomic E-state index is 0.0660. The van der Waals surface area contributed by atoms with Gasteiger partial charge in [-0.2, -0.15) is 0 Å². The maximum Gasteiger partial charge on any atom is 0.312 e. The number of likely N-dealkylation sites (tertiary alicyclic amines) is 1. The number of rotatable bonds is 6. The summed E-state index contributed by atoms with van der Waals surface area (Å²) in [5.41, 5.74) is -1.17. The van der Waals surface area contributed by atoms with Gasteiger partial charge in [0.25, 0.3) is 0 Å². The number of nitrogens with zero attached hydrogens (tertiary/aromatic N) is 2. The van der Waals surface area contributed by atoms with Crippen molar-refractivity contribution < 1.29 is 29.0 Å². The molecule has 4 aliphatic heterocycles. The first-order valence-corrected chi connectivity index (χ1v) is 13.5. The highest BCUT2D eigenvalue weighted by Gasteiger charge is 2.71. The number of carbonyl (C=O) groups excluding carboxylic acids is 3. The maximum atomic E-state index is 14.2. The van der Waals surface area contributed by atoms with Crippen molar-refractivity contribution in [2.45, 2.75) is 88.0 Å². The number of allylic oxidation sites excluding steroid dienone is 1. The van der Waals surface area contributed by atoms with Crippen LogP contribution in [0.5, 0.6) is 0 Å². The predicted octanol–water partition coefficient (Wildman–Crippen LogP) is 2.35. The number of fused-ring (bicyclic) bond motifs is 2. The highest BCUT2D eigenvalue weighted by Crippen LogP contribution is 2.53. The number of amides is 2. The molecule has 2 saturated heterocycles. The van der Waals surface area contributed by atoms with Gasteiger partial charge >= 0.3 is 5.97 Å². The SMILES string of the molecule is O=C1OCCC/C=C\[C@@H]2O[C@]34C=CCN(C5CCCCC5)C(=O)C3N(CCCCCO)C(=O)[C@@H]4[C@H]12. The van der Waals surface area contributed by atoms with Crippen molar-refractivity contribution in [3.05, 3.63) is 24.3 Å². The van der Waals surface area contributed by atoms with Crippen molar-refractivity contribution in [1.82, 2.24) is 9.80 Å². The number of hydrogen-bond donors (Lipinski definition) is 1. The minimum atomic E-state index is -1.17. The molecule has 5 atom stereocenters. The highest BCUT2D eigenvalue weighted by atomic mass is 16.6. The van der Waals surface area contributed by atoms with Gasteiger partial charge in [-0.15, -0.1) is 0 Å². The first kappa shape index (κ1) is 24.5. The number of aliphatic hydroxyl groups excluding tert-OH is 1.